The maximum Gasteiger partial charge on any atom is 0.225 e. The van der Waals surface area contributed by atoms with Crippen LogP contribution in [0.25, 0.3) is 0 Å². The summed E-state index contributed by atoms with van der Waals surface area (Å²) in [5.41, 5.74) is 0. The summed E-state index contributed by atoms with van der Waals surface area (Å²) in [4.78, 5) is 25.4. The Morgan fingerprint density at radius 2 is 1.59 bits per heavy atom. The molecule has 2 amide bonds. The van der Waals surface area contributed by atoms with Gasteiger partial charge >= 0.3 is 0 Å². The van der Waals surface area contributed by atoms with Crippen LogP contribution in [0.2, 0.25) is 0 Å². The van der Waals surface area contributed by atoms with Crippen molar-refractivity contribution in [1.29, 1.82) is 0 Å². The second-order valence-electron chi connectivity index (χ2n) is 4.44. The van der Waals surface area contributed by atoms with E-state index in [1.807, 2.05) is 39.5 Å². The molecule has 0 aliphatic carbocycles. The number of rotatable bonds is 7. The van der Waals surface area contributed by atoms with Crippen molar-refractivity contribution in [2.24, 2.45) is 11.8 Å². The highest BCUT2D eigenvalue weighted by Crippen LogP contribution is 2.14. The molecule has 17 heavy (non-hydrogen) atoms. The SMILES string of the molecule is CCNC(=O)C(C)CC(C)C(=O)N(CC)CC. The molecule has 0 aliphatic heterocycles. The lowest BCUT2D eigenvalue weighted by Gasteiger charge is -2.24. The molecule has 4 nitrogen and oxygen atoms in total. The molecule has 0 aliphatic rings. The van der Waals surface area contributed by atoms with Crippen LogP contribution in [0.4, 0.5) is 0 Å². The van der Waals surface area contributed by atoms with Gasteiger partial charge < -0.3 is 10.2 Å². The number of hydrogen-bond donors (Lipinski definition) is 1. The fraction of sp³-hybridized carbons (Fsp3) is 0.846. The second kappa shape index (κ2) is 8.09. The molecule has 0 aromatic carbocycles. The lowest BCUT2D eigenvalue weighted by atomic mass is 9.95. The lowest BCUT2D eigenvalue weighted by Crippen LogP contribution is -2.37. The van der Waals surface area contributed by atoms with Crippen molar-refractivity contribution < 1.29 is 9.59 Å². The Morgan fingerprint density at radius 1 is 1.06 bits per heavy atom. The minimum atomic E-state index is -0.107. The molecular formula is C13H26N2O2. The van der Waals surface area contributed by atoms with Crippen molar-refractivity contribution in [3.8, 4) is 0 Å². The maximum atomic E-state index is 12.0. The molecule has 0 radical (unpaired) electrons. The predicted octanol–water partition coefficient (Wildman–Crippen LogP) is 1.65. The van der Waals surface area contributed by atoms with Gasteiger partial charge in [-0.25, -0.2) is 0 Å². The van der Waals surface area contributed by atoms with Crippen molar-refractivity contribution >= 4 is 11.8 Å². The van der Waals surface area contributed by atoms with Crippen molar-refractivity contribution in [3.05, 3.63) is 0 Å². The van der Waals surface area contributed by atoms with Gasteiger partial charge in [0.05, 0.1) is 0 Å². The Hall–Kier alpha value is -1.06. The molecule has 0 fully saturated rings. The van der Waals surface area contributed by atoms with Gasteiger partial charge in [0, 0.05) is 31.5 Å². The van der Waals surface area contributed by atoms with Crippen LogP contribution in [0.15, 0.2) is 0 Å². The van der Waals surface area contributed by atoms with E-state index in [0.717, 1.165) is 13.1 Å². The highest BCUT2D eigenvalue weighted by Gasteiger charge is 2.23. The zero-order chi connectivity index (χ0) is 13.4. The fourth-order valence-electron chi connectivity index (χ4n) is 1.93. The quantitative estimate of drug-likeness (QED) is 0.738. The van der Waals surface area contributed by atoms with E-state index in [1.54, 1.807) is 0 Å². The molecule has 2 atom stereocenters. The predicted molar refractivity (Wildman–Crippen MR) is 69.6 cm³/mol. The molecule has 4 heteroatoms. The molecule has 0 saturated heterocycles. The Morgan fingerprint density at radius 3 is 2.00 bits per heavy atom. The smallest absolute Gasteiger partial charge is 0.225 e. The summed E-state index contributed by atoms with van der Waals surface area (Å²) in [7, 11) is 0. The zero-order valence-corrected chi connectivity index (χ0v) is 11.7. The average Bonchev–Trinajstić information content (AvgIpc) is 2.30. The van der Waals surface area contributed by atoms with Gasteiger partial charge in [0.2, 0.25) is 11.8 Å². The number of hydrogen-bond acceptors (Lipinski definition) is 2. The van der Waals surface area contributed by atoms with Gasteiger partial charge in [-0.05, 0) is 27.2 Å². The van der Waals surface area contributed by atoms with E-state index in [1.165, 1.54) is 0 Å². The summed E-state index contributed by atoms with van der Waals surface area (Å²) in [5.74, 6) is -0.0187. The van der Waals surface area contributed by atoms with E-state index >= 15 is 0 Å². The van der Waals surface area contributed by atoms with Gasteiger partial charge in [0.25, 0.3) is 0 Å². The molecule has 100 valence electrons. The van der Waals surface area contributed by atoms with Crippen LogP contribution in [-0.4, -0.2) is 36.3 Å². The first-order valence-corrected chi connectivity index (χ1v) is 6.54. The first kappa shape index (κ1) is 15.9. The van der Waals surface area contributed by atoms with E-state index < -0.39 is 0 Å². The third-order valence-corrected chi connectivity index (χ3v) is 3.00. The van der Waals surface area contributed by atoms with Crippen LogP contribution in [0.5, 0.6) is 0 Å². The van der Waals surface area contributed by atoms with Gasteiger partial charge in [0.1, 0.15) is 0 Å². The van der Waals surface area contributed by atoms with E-state index in [2.05, 4.69) is 5.32 Å². The third kappa shape index (κ3) is 5.20. The van der Waals surface area contributed by atoms with Gasteiger partial charge in [-0.2, -0.15) is 0 Å². The number of amides is 2. The molecule has 0 spiro atoms. The molecule has 0 aromatic rings. The van der Waals surface area contributed by atoms with Crippen molar-refractivity contribution in [2.45, 2.75) is 41.0 Å². The summed E-state index contributed by atoms with van der Waals surface area (Å²) in [6, 6.07) is 0. The van der Waals surface area contributed by atoms with Crippen LogP contribution < -0.4 is 5.32 Å². The third-order valence-electron chi connectivity index (χ3n) is 3.00. The largest absolute Gasteiger partial charge is 0.356 e. The molecule has 2 unspecified atom stereocenters. The van der Waals surface area contributed by atoms with Gasteiger partial charge in [-0.1, -0.05) is 13.8 Å². The van der Waals surface area contributed by atoms with Gasteiger partial charge in [-0.15, -0.1) is 0 Å². The minimum Gasteiger partial charge on any atom is -0.356 e. The maximum absolute atomic E-state index is 12.0. The number of carbonyl (C=O) groups excluding carboxylic acids is 2. The van der Waals surface area contributed by atoms with Crippen LogP contribution >= 0.6 is 0 Å². The van der Waals surface area contributed by atoms with Crippen LogP contribution in [0.3, 0.4) is 0 Å². The van der Waals surface area contributed by atoms with Crippen molar-refractivity contribution in [1.82, 2.24) is 10.2 Å². The molecule has 0 saturated carbocycles. The molecule has 0 bridgehead atoms. The summed E-state index contributed by atoms with van der Waals surface area (Å²) in [6.45, 7) is 11.7. The number of nitrogens with one attached hydrogen (secondary N) is 1. The van der Waals surface area contributed by atoms with Crippen LogP contribution in [-0.2, 0) is 9.59 Å². The van der Waals surface area contributed by atoms with E-state index in [-0.39, 0.29) is 23.7 Å². The zero-order valence-electron chi connectivity index (χ0n) is 11.7. The fourth-order valence-corrected chi connectivity index (χ4v) is 1.93. The Bertz CT molecular complexity index is 250. The molecule has 1 N–H and O–H groups in total. The molecular weight excluding hydrogens is 216 g/mol. The highest BCUT2D eigenvalue weighted by molar-refractivity contribution is 5.81. The second-order valence-corrected chi connectivity index (χ2v) is 4.44. The summed E-state index contributed by atoms with van der Waals surface area (Å²) in [5, 5.41) is 2.78. The number of nitrogens with zero attached hydrogens (tertiary/aromatic N) is 1. The van der Waals surface area contributed by atoms with Crippen molar-refractivity contribution in [2.75, 3.05) is 19.6 Å². The van der Waals surface area contributed by atoms with E-state index in [0.29, 0.717) is 13.0 Å². The Kier molecular flexibility index (Phi) is 7.59. The lowest BCUT2D eigenvalue weighted by molar-refractivity contribution is -0.135. The van der Waals surface area contributed by atoms with Gasteiger partial charge in [-0.3, -0.25) is 9.59 Å². The standard InChI is InChI=1S/C13H26N2O2/c1-6-14-12(16)10(4)9-11(5)13(17)15(7-2)8-3/h10-11H,6-9H2,1-5H3,(H,14,16). The first-order valence-electron chi connectivity index (χ1n) is 6.54. The Labute approximate surface area is 105 Å². The number of carbonyl (C=O) groups is 2. The monoisotopic (exact) mass is 242 g/mol. The average molecular weight is 242 g/mol. The minimum absolute atomic E-state index is 0.0340. The van der Waals surface area contributed by atoms with Crippen LogP contribution in [0, 0.1) is 11.8 Å². The summed E-state index contributed by atoms with van der Waals surface area (Å²) >= 11 is 0. The molecule has 0 rings (SSSR count). The molecule has 0 heterocycles. The molecule has 0 aromatic heterocycles. The van der Waals surface area contributed by atoms with Crippen LogP contribution in [0.1, 0.15) is 41.0 Å². The van der Waals surface area contributed by atoms with E-state index in [4.69, 9.17) is 0 Å². The van der Waals surface area contributed by atoms with Crippen molar-refractivity contribution in [3.63, 3.8) is 0 Å². The normalized spacial score (nSPS) is 13.9. The first-order chi connectivity index (χ1) is 7.97. The van der Waals surface area contributed by atoms with E-state index in [9.17, 15) is 9.59 Å². The summed E-state index contributed by atoms with van der Waals surface area (Å²) in [6.07, 6.45) is 0.612. The van der Waals surface area contributed by atoms with Gasteiger partial charge in [0.15, 0.2) is 0 Å². The summed E-state index contributed by atoms with van der Waals surface area (Å²) < 4.78 is 0. The topological polar surface area (TPSA) is 49.4 Å². The highest BCUT2D eigenvalue weighted by atomic mass is 16.2. The Balaban J connectivity index is 4.28.